The maximum absolute atomic E-state index is 13.5. The Balaban J connectivity index is 0.000000533. The predicted octanol–water partition coefficient (Wildman–Crippen LogP) is 3.54. The summed E-state index contributed by atoms with van der Waals surface area (Å²) < 4.78 is 68.8. The molecule has 4 heterocycles. The number of β-lactam (4-membered cyclic amide) rings is 1. The molecule has 1 saturated heterocycles. The van der Waals surface area contributed by atoms with Gasteiger partial charge in [0.15, 0.2) is 10.1 Å². The van der Waals surface area contributed by atoms with Crippen molar-refractivity contribution in [3.63, 3.8) is 0 Å². The molecule has 0 unspecified atom stereocenters. The van der Waals surface area contributed by atoms with Crippen LogP contribution in [0.15, 0.2) is 46.3 Å². The molecule has 0 spiro atoms. The molecule has 4 atom stereocenters. The Hall–Kier alpha value is -3.17. The number of benzene rings is 1. The molecule has 46 heavy (non-hydrogen) atoms. The molecule has 1 fully saturated rings. The molecule has 2 aromatic heterocycles. The van der Waals surface area contributed by atoms with E-state index in [1.165, 1.54) is 29.2 Å². The zero-order valence-electron chi connectivity index (χ0n) is 24.7. The van der Waals surface area contributed by atoms with Gasteiger partial charge in [0.1, 0.15) is 18.5 Å². The van der Waals surface area contributed by atoms with Crippen molar-refractivity contribution in [1.29, 1.82) is 0 Å². The van der Waals surface area contributed by atoms with Crippen molar-refractivity contribution in [3.05, 3.63) is 56.7 Å². The Morgan fingerprint density at radius 2 is 1.83 bits per heavy atom. The summed E-state index contributed by atoms with van der Waals surface area (Å²) in [6.45, 7) is 3.48. The lowest BCUT2D eigenvalue weighted by molar-refractivity contribution is -0.742. The second kappa shape index (κ2) is 13.1. The quantitative estimate of drug-likeness (QED) is 0.0526. The Labute approximate surface area is 272 Å². The molecule has 13 nitrogen and oxygen atoms in total. The number of thiazole rings is 1. The van der Waals surface area contributed by atoms with Gasteiger partial charge in [0.25, 0.3) is 5.69 Å². The summed E-state index contributed by atoms with van der Waals surface area (Å²) in [5.74, 6) is -1.71. The highest BCUT2D eigenvalue weighted by Crippen LogP contribution is 2.52. The number of thioether (sulfide) groups is 2. The van der Waals surface area contributed by atoms with Crippen molar-refractivity contribution < 1.29 is 55.1 Å². The van der Waals surface area contributed by atoms with Gasteiger partial charge in [-0.05, 0) is 48.9 Å². The van der Waals surface area contributed by atoms with Crippen LogP contribution in [0.2, 0.25) is 0 Å². The van der Waals surface area contributed by atoms with E-state index >= 15 is 0 Å². The van der Waals surface area contributed by atoms with Crippen molar-refractivity contribution in [3.8, 4) is 0 Å². The molecule has 1 aromatic carbocycles. The first-order valence-electron chi connectivity index (χ1n) is 13.2. The van der Waals surface area contributed by atoms with Crippen LogP contribution in [0, 0.1) is 22.0 Å². The van der Waals surface area contributed by atoms with Gasteiger partial charge in [-0.25, -0.2) is 17.8 Å². The number of imidazole rings is 1. The first kappa shape index (κ1) is 35.7. The number of amides is 1. The number of nitro benzene ring substituents is 1. The monoisotopic (exact) mass is 724 g/mol. The number of esters is 1. The SMILES string of the molecule is CSc1c2sc(C3=C(C(=O)OCc4ccc([N+](=O)[O-])cc4)N4C(=O)[C@H]([C@@H](C)O)[C@H]4[C@H]3C)cn2c(SC)[n+]1C.O=S(=O)([O-])C(F)(F)F. The summed E-state index contributed by atoms with van der Waals surface area (Å²) in [5, 5.41) is 23.4. The van der Waals surface area contributed by atoms with E-state index in [4.69, 9.17) is 17.7 Å². The Morgan fingerprint density at radius 3 is 2.30 bits per heavy atom. The normalized spacial score (nSPS) is 20.3. The maximum Gasteiger partial charge on any atom is 0.485 e. The summed E-state index contributed by atoms with van der Waals surface area (Å²) in [6.07, 6.45) is 5.20. The van der Waals surface area contributed by atoms with Gasteiger partial charge in [-0.1, -0.05) is 30.0 Å². The lowest BCUT2D eigenvalue weighted by Gasteiger charge is -2.46. The van der Waals surface area contributed by atoms with E-state index in [1.807, 2.05) is 32.7 Å². The third-order valence-electron chi connectivity index (χ3n) is 7.46. The zero-order chi connectivity index (χ0) is 34.5. The topological polar surface area (TPSA) is 175 Å². The minimum atomic E-state index is -6.09. The molecule has 20 heteroatoms. The van der Waals surface area contributed by atoms with Crippen molar-refractivity contribution in [2.45, 2.75) is 48.3 Å². The summed E-state index contributed by atoms with van der Waals surface area (Å²) in [5.41, 5.74) is -4.16. The number of rotatable bonds is 8. The number of hydrogen-bond donors (Lipinski definition) is 1. The first-order chi connectivity index (χ1) is 21.3. The van der Waals surface area contributed by atoms with Gasteiger partial charge in [0, 0.05) is 23.6 Å². The van der Waals surface area contributed by atoms with Crippen molar-refractivity contribution >= 4 is 72.9 Å². The molecule has 1 N–H and O–H groups in total. The number of ether oxygens (including phenoxy) is 1. The molecule has 0 saturated carbocycles. The zero-order valence-corrected chi connectivity index (χ0v) is 27.9. The fourth-order valence-corrected chi connectivity index (χ4v) is 8.49. The van der Waals surface area contributed by atoms with Gasteiger partial charge in [0.05, 0.1) is 34.9 Å². The van der Waals surface area contributed by atoms with E-state index < -0.39 is 38.5 Å². The summed E-state index contributed by atoms with van der Waals surface area (Å²) in [7, 11) is -4.07. The molecule has 5 rings (SSSR count). The lowest BCUT2D eigenvalue weighted by Crippen LogP contribution is -2.63. The molecule has 0 radical (unpaired) electrons. The standard InChI is InChI=1S/C25H27N4O6S3.CHF3O3S/c1-12-17(16-10-27-23(38-16)22(36-4)26(3)25(27)37-5)20(28-19(12)18(13(2)30)21(28)31)24(32)35-11-14-6-8-15(9-7-14)29(33)34;2-1(3,4)8(5,6)7/h6-10,12-13,18-19,30H,11H2,1-5H3;(H,5,6,7)/q+1;/p-1/t12-,13+,18+,19+;/m0./s1. The van der Waals surface area contributed by atoms with Gasteiger partial charge in [-0.2, -0.15) is 17.6 Å². The van der Waals surface area contributed by atoms with Gasteiger partial charge >= 0.3 is 16.6 Å². The first-order valence-corrected chi connectivity index (χ1v) is 17.8. The van der Waals surface area contributed by atoms with Crippen LogP contribution in [0.5, 0.6) is 0 Å². The number of aliphatic hydroxyl groups is 1. The van der Waals surface area contributed by atoms with E-state index in [1.54, 1.807) is 41.8 Å². The van der Waals surface area contributed by atoms with E-state index in [0.29, 0.717) is 5.56 Å². The van der Waals surface area contributed by atoms with Crippen LogP contribution in [-0.4, -0.2) is 74.3 Å². The number of carbonyl (C=O) groups excluding carboxylic acids is 2. The highest BCUT2D eigenvalue weighted by molar-refractivity contribution is 7.99. The second-order valence-corrected chi connectivity index (χ2v) is 14.2. The Kier molecular flexibility index (Phi) is 10.2. The highest BCUT2D eigenvalue weighted by Gasteiger charge is 2.60. The van der Waals surface area contributed by atoms with Crippen LogP contribution in [0.4, 0.5) is 18.9 Å². The summed E-state index contributed by atoms with van der Waals surface area (Å²) >= 11 is 4.83. The lowest BCUT2D eigenvalue weighted by atomic mass is 9.77. The largest absolute Gasteiger partial charge is 0.741 e. The number of aliphatic hydroxyl groups excluding tert-OH is 1. The number of non-ortho nitro benzene ring substituents is 1. The fourth-order valence-electron chi connectivity index (χ4n) is 5.43. The number of nitro groups is 1. The van der Waals surface area contributed by atoms with E-state index in [9.17, 15) is 38.0 Å². The van der Waals surface area contributed by atoms with E-state index in [-0.39, 0.29) is 35.9 Å². The molecule has 3 aromatic rings. The van der Waals surface area contributed by atoms with Gasteiger partial charge in [-0.15, -0.1) is 0 Å². The average molecular weight is 725 g/mol. The Morgan fingerprint density at radius 1 is 1.24 bits per heavy atom. The van der Waals surface area contributed by atoms with E-state index in [2.05, 4.69) is 8.97 Å². The molecule has 2 aliphatic heterocycles. The fraction of sp³-hybridized carbons (Fsp3) is 0.423. The van der Waals surface area contributed by atoms with Crippen molar-refractivity contribution in [2.75, 3.05) is 12.5 Å². The number of aromatic nitrogens is 2. The predicted molar refractivity (Wildman–Crippen MR) is 161 cm³/mol. The van der Waals surface area contributed by atoms with Gasteiger partial charge < -0.3 is 19.3 Å². The van der Waals surface area contributed by atoms with Crippen LogP contribution in [0.1, 0.15) is 24.3 Å². The van der Waals surface area contributed by atoms with Crippen molar-refractivity contribution in [1.82, 2.24) is 9.30 Å². The number of halogens is 3. The molecular weight excluding hydrogens is 698 g/mol. The molecule has 2 aliphatic rings. The van der Waals surface area contributed by atoms with Crippen LogP contribution in [0.25, 0.3) is 10.4 Å². The number of fused-ring (bicyclic) bond motifs is 2. The van der Waals surface area contributed by atoms with E-state index in [0.717, 1.165) is 25.5 Å². The smallest absolute Gasteiger partial charge is 0.485 e. The van der Waals surface area contributed by atoms with Crippen molar-refractivity contribution in [2.24, 2.45) is 18.9 Å². The van der Waals surface area contributed by atoms with Crippen LogP contribution >= 0.6 is 34.9 Å². The molecule has 0 bridgehead atoms. The summed E-state index contributed by atoms with van der Waals surface area (Å²) in [4.78, 5) is 40.5. The van der Waals surface area contributed by atoms with Gasteiger partial charge in [-0.3, -0.25) is 14.9 Å². The Bertz CT molecular complexity index is 1800. The van der Waals surface area contributed by atoms with Gasteiger partial charge in [0.2, 0.25) is 15.8 Å². The maximum atomic E-state index is 13.5. The molecule has 250 valence electrons. The number of alkyl halides is 3. The van der Waals surface area contributed by atoms with Crippen LogP contribution < -0.4 is 4.57 Å². The minimum absolute atomic E-state index is 0.0513. The number of carbonyl (C=O) groups is 2. The highest BCUT2D eigenvalue weighted by atomic mass is 32.2. The number of hydrogen-bond acceptors (Lipinski definition) is 12. The van der Waals surface area contributed by atoms with Crippen LogP contribution in [-0.2, 0) is 38.1 Å². The average Bonchev–Trinajstić information content (AvgIpc) is 3.56. The summed E-state index contributed by atoms with van der Waals surface area (Å²) in [6, 6.07) is 5.45. The molecule has 0 aliphatic carbocycles. The molecule has 1 amide bonds. The number of nitrogens with zero attached hydrogens (tertiary/aromatic N) is 4. The molecular formula is C26H27F3N4O9S4. The second-order valence-electron chi connectivity index (χ2n) is 10.2. The minimum Gasteiger partial charge on any atom is -0.741 e. The van der Waals surface area contributed by atoms with Crippen LogP contribution in [0.3, 0.4) is 0 Å². The third kappa shape index (κ3) is 6.37. The third-order valence-corrected chi connectivity index (χ3v) is 11.0.